The largest absolute Gasteiger partial charge is 0.467 e. The fraction of sp³-hybridized carbons (Fsp3) is 0.125. The average molecular weight is 386 g/mol. The number of amides is 1. The number of nitrogens with one attached hydrogen (secondary N) is 1. The van der Waals surface area contributed by atoms with Crippen molar-refractivity contribution in [2.45, 2.75) is 12.7 Å². The van der Waals surface area contributed by atoms with Crippen LogP contribution in [-0.2, 0) is 12.7 Å². The molecule has 0 bridgehead atoms. The lowest BCUT2D eigenvalue weighted by Gasteiger charge is -2.12. The summed E-state index contributed by atoms with van der Waals surface area (Å²) in [4.78, 5) is 11.8. The van der Waals surface area contributed by atoms with Crippen LogP contribution in [0.1, 0.15) is 11.5 Å². The minimum absolute atomic E-state index is 0.0293. The van der Waals surface area contributed by atoms with E-state index < -0.39 is 23.7 Å². The summed E-state index contributed by atoms with van der Waals surface area (Å²) in [5.74, 6) is -0.292. The Bertz CT molecular complexity index is 890. The molecule has 3 rings (SSSR count). The standard InChI is InChI=1S/C16H11ClF3N3O3/c17-10-3-5-11(6-4-10)23-14(16(18,19)20)13(9-22-23)26-15(24)21-8-12-2-1-7-25-12/h1-7,9H,8H2,(H,21,24). The molecule has 0 atom stereocenters. The van der Waals surface area contributed by atoms with Gasteiger partial charge < -0.3 is 14.5 Å². The Morgan fingerprint density at radius 1 is 1.27 bits per heavy atom. The lowest BCUT2D eigenvalue weighted by molar-refractivity contribution is -0.143. The van der Waals surface area contributed by atoms with Crippen LogP contribution in [0, 0.1) is 0 Å². The van der Waals surface area contributed by atoms with Crippen molar-refractivity contribution in [3.63, 3.8) is 0 Å². The molecule has 1 amide bonds. The van der Waals surface area contributed by atoms with Gasteiger partial charge in [0.1, 0.15) is 5.76 Å². The summed E-state index contributed by atoms with van der Waals surface area (Å²) in [6.45, 7) is -0.0293. The van der Waals surface area contributed by atoms with E-state index in [2.05, 4.69) is 10.4 Å². The second-order valence-electron chi connectivity index (χ2n) is 5.07. The summed E-state index contributed by atoms with van der Waals surface area (Å²) < 4.78 is 50.8. The number of nitrogens with zero attached hydrogens (tertiary/aromatic N) is 2. The Balaban J connectivity index is 1.83. The molecule has 0 saturated heterocycles. The Morgan fingerprint density at radius 2 is 2.00 bits per heavy atom. The van der Waals surface area contributed by atoms with E-state index in [9.17, 15) is 18.0 Å². The van der Waals surface area contributed by atoms with E-state index in [1.807, 2.05) is 0 Å². The highest BCUT2D eigenvalue weighted by Gasteiger charge is 2.40. The molecule has 0 radical (unpaired) electrons. The van der Waals surface area contributed by atoms with Crippen LogP contribution in [0.2, 0.25) is 5.02 Å². The fourth-order valence-corrected chi connectivity index (χ4v) is 2.28. The second kappa shape index (κ2) is 7.12. The first-order valence-corrected chi connectivity index (χ1v) is 7.61. The van der Waals surface area contributed by atoms with Gasteiger partial charge in [-0.15, -0.1) is 0 Å². The fourth-order valence-electron chi connectivity index (χ4n) is 2.15. The first-order valence-electron chi connectivity index (χ1n) is 7.24. The van der Waals surface area contributed by atoms with Crippen molar-refractivity contribution in [2.24, 2.45) is 0 Å². The molecule has 0 aliphatic heterocycles. The number of furan rings is 1. The number of carbonyl (C=O) groups excluding carboxylic acids is 1. The highest BCUT2D eigenvalue weighted by atomic mass is 35.5. The van der Waals surface area contributed by atoms with Crippen molar-refractivity contribution in [1.82, 2.24) is 15.1 Å². The predicted molar refractivity (Wildman–Crippen MR) is 85.1 cm³/mol. The van der Waals surface area contributed by atoms with Gasteiger partial charge in [-0.1, -0.05) is 11.6 Å². The number of hydrogen-bond acceptors (Lipinski definition) is 4. The van der Waals surface area contributed by atoms with Crippen LogP contribution >= 0.6 is 11.6 Å². The van der Waals surface area contributed by atoms with E-state index in [0.717, 1.165) is 6.20 Å². The van der Waals surface area contributed by atoms with E-state index in [4.69, 9.17) is 20.8 Å². The van der Waals surface area contributed by atoms with Gasteiger partial charge in [-0.25, -0.2) is 9.48 Å². The first-order chi connectivity index (χ1) is 12.3. The molecule has 0 aliphatic carbocycles. The van der Waals surface area contributed by atoms with Crippen LogP contribution in [0.4, 0.5) is 18.0 Å². The zero-order valence-corrected chi connectivity index (χ0v) is 13.7. The second-order valence-corrected chi connectivity index (χ2v) is 5.50. The maximum absolute atomic E-state index is 13.5. The topological polar surface area (TPSA) is 69.3 Å². The molecule has 10 heteroatoms. The Hall–Kier alpha value is -2.94. The summed E-state index contributed by atoms with van der Waals surface area (Å²) in [7, 11) is 0. The third-order valence-corrected chi connectivity index (χ3v) is 3.52. The number of carbonyl (C=O) groups is 1. The number of aromatic nitrogens is 2. The van der Waals surface area contributed by atoms with Crippen molar-refractivity contribution >= 4 is 17.7 Å². The molecule has 1 aromatic carbocycles. The normalized spacial score (nSPS) is 11.4. The van der Waals surface area contributed by atoms with Gasteiger partial charge in [0, 0.05) is 5.02 Å². The zero-order chi connectivity index (χ0) is 18.7. The number of alkyl halides is 3. The average Bonchev–Trinajstić information content (AvgIpc) is 3.22. The van der Waals surface area contributed by atoms with E-state index >= 15 is 0 Å². The monoisotopic (exact) mass is 385 g/mol. The molecule has 0 unspecified atom stereocenters. The third-order valence-electron chi connectivity index (χ3n) is 3.27. The quantitative estimate of drug-likeness (QED) is 0.721. The molecule has 2 aromatic heterocycles. The number of halogens is 4. The van der Waals surface area contributed by atoms with Gasteiger partial charge in [-0.05, 0) is 36.4 Å². The maximum Gasteiger partial charge on any atom is 0.437 e. The van der Waals surface area contributed by atoms with Gasteiger partial charge in [0.25, 0.3) is 0 Å². The highest BCUT2D eigenvalue weighted by molar-refractivity contribution is 6.30. The SMILES string of the molecule is O=C(NCc1ccco1)Oc1cnn(-c2ccc(Cl)cc2)c1C(F)(F)F. The number of rotatable bonds is 4. The minimum Gasteiger partial charge on any atom is -0.467 e. The summed E-state index contributed by atoms with van der Waals surface area (Å²) in [6, 6.07) is 8.79. The van der Waals surface area contributed by atoms with Crippen LogP contribution in [0.3, 0.4) is 0 Å². The van der Waals surface area contributed by atoms with Crippen molar-refractivity contribution < 1.29 is 27.1 Å². The van der Waals surface area contributed by atoms with Crippen molar-refractivity contribution in [3.05, 3.63) is 65.3 Å². The third kappa shape index (κ3) is 3.99. The molecule has 3 aromatic rings. The van der Waals surface area contributed by atoms with Gasteiger partial charge in [0.2, 0.25) is 0 Å². The number of benzene rings is 1. The molecule has 26 heavy (non-hydrogen) atoms. The highest BCUT2D eigenvalue weighted by Crippen LogP contribution is 2.37. The van der Waals surface area contributed by atoms with Crippen LogP contribution in [0.5, 0.6) is 5.75 Å². The van der Waals surface area contributed by atoms with Crippen LogP contribution in [0.15, 0.2) is 53.3 Å². The predicted octanol–water partition coefficient (Wildman–Crippen LogP) is 4.43. The van der Waals surface area contributed by atoms with E-state index in [1.165, 1.54) is 30.5 Å². The summed E-state index contributed by atoms with van der Waals surface area (Å²) >= 11 is 5.74. The molecule has 136 valence electrons. The number of ether oxygens (including phenoxy) is 1. The van der Waals surface area contributed by atoms with Gasteiger partial charge in [0.15, 0.2) is 11.4 Å². The molecule has 2 heterocycles. The molecule has 0 aliphatic rings. The smallest absolute Gasteiger partial charge is 0.437 e. The van der Waals surface area contributed by atoms with E-state index in [-0.39, 0.29) is 12.2 Å². The van der Waals surface area contributed by atoms with Gasteiger partial charge in [0.05, 0.1) is 24.7 Å². The van der Waals surface area contributed by atoms with E-state index in [1.54, 1.807) is 12.1 Å². The molecule has 0 spiro atoms. The summed E-state index contributed by atoms with van der Waals surface area (Å²) in [5.41, 5.74) is -1.10. The van der Waals surface area contributed by atoms with Gasteiger partial charge in [-0.2, -0.15) is 18.3 Å². The van der Waals surface area contributed by atoms with Crippen molar-refractivity contribution in [1.29, 1.82) is 0 Å². The van der Waals surface area contributed by atoms with Crippen LogP contribution in [0.25, 0.3) is 5.69 Å². The van der Waals surface area contributed by atoms with Gasteiger partial charge >= 0.3 is 12.3 Å². The molecule has 6 nitrogen and oxygen atoms in total. The van der Waals surface area contributed by atoms with Crippen molar-refractivity contribution in [2.75, 3.05) is 0 Å². The van der Waals surface area contributed by atoms with Crippen molar-refractivity contribution in [3.8, 4) is 11.4 Å². The lowest BCUT2D eigenvalue weighted by Crippen LogP contribution is -2.27. The Labute approximate surface area is 150 Å². The maximum atomic E-state index is 13.5. The molecule has 0 saturated carbocycles. The summed E-state index contributed by atoms with van der Waals surface area (Å²) in [5, 5.41) is 6.33. The lowest BCUT2D eigenvalue weighted by atomic mass is 10.3. The first kappa shape index (κ1) is 17.9. The molecular formula is C16H11ClF3N3O3. The van der Waals surface area contributed by atoms with Crippen LogP contribution in [-0.4, -0.2) is 15.9 Å². The van der Waals surface area contributed by atoms with Crippen LogP contribution < -0.4 is 10.1 Å². The van der Waals surface area contributed by atoms with Gasteiger partial charge in [-0.3, -0.25) is 0 Å². The number of hydrogen-bond donors (Lipinski definition) is 1. The molecule has 1 N–H and O–H groups in total. The summed E-state index contributed by atoms with van der Waals surface area (Å²) in [6.07, 6.45) is -3.64. The van der Waals surface area contributed by atoms with E-state index in [0.29, 0.717) is 15.5 Å². The molecular weight excluding hydrogens is 375 g/mol. The Morgan fingerprint density at radius 3 is 2.62 bits per heavy atom. The molecule has 0 fully saturated rings. The zero-order valence-electron chi connectivity index (χ0n) is 13.0. The Kier molecular flexibility index (Phi) is 4.90. The minimum atomic E-state index is -4.80.